The molecule has 0 bridgehead atoms. The van der Waals surface area contributed by atoms with Gasteiger partial charge in [0.2, 0.25) is 0 Å². The van der Waals surface area contributed by atoms with Crippen molar-refractivity contribution >= 4 is 5.82 Å². The van der Waals surface area contributed by atoms with Crippen LogP contribution >= 0.6 is 0 Å². The van der Waals surface area contributed by atoms with Crippen molar-refractivity contribution < 1.29 is 4.39 Å². The van der Waals surface area contributed by atoms with E-state index < -0.39 is 5.82 Å². The molecule has 0 amide bonds. The molecule has 2 aromatic carbocycles. The molecule has 3 nitrogen and oxygen atoms in total. The van der Waals surface area contributed by atoms with Gasteiger partial charge < -0.3 is 5.73 Å². The minimum atomic E-state index is -0.396. The zero-order chi connectivity index (χ0) is 18.7. The number of nitrogen functional groups attached to an aromatic ring is 1. The third-order valence-electron chi connectivity index (χ3n) is 4.22. The number of nitriles is 1. The van der Waals surface area contributed by atoms with Crippen molar-refractivity contribution in [2.45, 2.75) is 20.3 Å². The Morgan fingerprint density at radius 3 is 2.38 bits per heavy atom. The molecule has 0 aliphatic carbocycles. The smallest absolute Gasteiger partial charge is 0.142 e. The lowest BCUT2D eigenvalue weighted by Crippen LogP contribution is -2.01. The summed E-state index contributed by atoms with van der Waals surface area (Å²) in [6, 6.07) is 18.2. The molecule has 0 fully saturated rings. The number of halogens is 1. The van der Waals surface area contributed by atoms with Gasteiger partial charge in [0.25, 0.3) is 0 Å². The molecule has 26 heavy (non-hydrogen) atoms. The predicted octanol–water partition coefficient (Wildman–Crippen LogP) is 5.21. The fourth-order valence-corrected chi connectivity index (χ4v) is 3.01. The third kappa shape index (κ3) is 3.57. The van der Waals surface area contributed by atoms with E-state index in [9.17, 15) is 9.65 Å². The van der Waals surface area contributed by atoms with Gasteiger partial charge in [-0.2, -0.15) is 5.26 Å². The highest BCUT2D eigenvalue weighted by Gasteiger charge is 2.16. The second kappa shape index (κ2) is 7.37. The van der Waals surface area contributed by atoms with Gasteiger partial charge in [0, 0.05) is 16.7 Å². The van der Waals surface area contributed by atoms with Crippen LogP contribution in [0.5, 0.6) is 0 Å². The standard InChI is InChI=1S/C22H20FN3/c1-14(2)11-15-7-9-16(10-8-15)21-12-18(19(13-24)22(25)26-21)17-5-3-4-6-20(17)23/h3-10,12,14H,11H2,1-2H3,(H2,25,26). The quantitative estimate of drug-likeness (QED) is 0.706. The van der Waals surface area contributed by atoms with Crippen LogP contribution in [0.1, 0.15) is 25.0 Å². The van der Waals surface area contributed by atoms with Gasteiger partial charge in [0.15, 0.2) is 0 Å². The van der Waals surface area contributed by atoms with Crippen LogP contribution in [0.3, 0.4) is 0 Å². The number of hydrogen-bond acceptors (Lipinski definition) is 3. The van der Waals surface area contributed by atoms with Gasteiger partial charge in [-0.05, 0) is 30.0 Å². The van der Waals surface area contributed by atoms with Crippen LogP contribution in [0.25, 0.3) is 22.4 Å². The van der Waals surface area contributed by atoms with Gasteiger partial charge in [-0.15, -0.1) is 0 Å². The van der Waals surface area contributed by atoms with Gasteiger partial charge in [-0.3, -0.25) is 0 Å². The van der Waals surface area contributed by atoms with Crippen molar-refractivity contribution in [3.8, 4) is 28.5 Å². The maximum atomic E-state index is 14.3. The molecule has 3 rings (SSSR count). The number of anilines is 1. The van der Waals surface area contributed by atoms with Crippen LogP contribution in [-0.2, 0) is 6.42 Å². The van der Waals surface area contributed by atoms with Crippen molar-refractivity contribution in [1.82, 2.24) is 4.98 Å². The van der Waals surface area contributed by atoms with Crippen molar-refractivity contribution in [2.24, 2.45) is 5.92 Å². The maximum absolute atomic E-state index is 14.3. The molecular weight excluding hydrogens is 325 g/mol. The molecule has 0 unspecified atom stereocenters. The van der Waals surface area contributed by atoms with E-state index >= 15 is 0 Å². The average Bonchev–Trinajstić information content (AvgIpc) is 2.61. The lowest BCUT2D eigenvalue weighted by Gasteiger charge is -2.11. The molecule has 1 heterocycles. The summed E-state index contributed by atoms with van der Waals surface area (Å²) >= 11 is 0. The minimum absolute atomic E-state index is 0.106. The first-order valence-electron chi connectivity index (χ1n) is 8.54. The lowest BCUT2D eigenvalue weighted by molar-refractivity contribution is 0.631. The molecule has 0 atom stereocenters. The second-order valence-electron chi connectivity index (χ2n) is 6.70. The molecule has 0 spiro atoms. The Kier molecular flexibility index (Phi) is 4.99. The number of aromatic nitrogens is 1. The number of hydrogen-bond donors (Lipinski definition) is 1. The van der Waals surface area contributed by atoms with E-state index in [0.29, 0.717) is 22.7 Å². The predicted molar refractivity (Wildman–Crippen MR) is 103 cm³/mol. The van der Waals surface area contributed by atoms with E-state index in [2.05, 4.69) is 31.0 Å². The van der Waals surface area contributed by atoms with E-state index in [4.69, 9.17) is 5.73 Å². The topological polar surface area (TPSA) is 62.7 Å². The lowest BCUT2D eigenvalue weighted by atomic mass is 9.97. The summed E-state index contributed by atoms with van der Waals surface area (Å²) in [5.74, 6) is 0.291. The first-order chi connectivity index (χ1) is 12.5. The highest BCUT2D eigenvalue weighted by molar-refractivity contribution is 5.80. The van der Waals surface area contributed by atoms with Crippen LogP contribution in [0, 0.1) is 23.1 Å². The van der Waals surface area contributed by atoms with E-state index in [1.165, 1.54) is 11.6 Å². The summed E-state index contributed by atoms with van der Waals surface area (Å²) in [7, 11) is 0. The Hall–Kier alpha value is -3.19. The van der Waals surface area contributed by atoms with Crippen LogP contribution in [0.15, 0.2) is 54.6 Å². The first kappa shape index (κ1) is 17.6. The fraction of sp³-hybridized carbons (Fsp3) is 0.182. The molecule has 2 N–H and O–H groups in total. The number of pyridine rings is 1. The van der Waals surface area contributed by atoms with Gasteiger partial charge in [-0.25, -0.2) is 9.37 Å². The van der Waals surface area contributed by atoms with Crippen molar-refractivity contribution in [3.05, 3.63) is 71.5 Å². The Bertz CT molecular complexity index is 970. The van der Waals surface area contributed by atoms with Crippen LogP contribution in [-0.4, -0.2) is 4.98 Å². The molecule has 0 saturated heterocycles. The Labute approximate surface area is 152 Å². The number of nitrogens with two attached hydrogens (primary N) is 1. The summed E-state index contributed by atoms with van der Waals surface area (Å²) < 4.78 is 14.3. The molecule has 0 radical (unpaired) electrons. The molecular formula is C22H20FN3. The summed E-state index contributed by atoms with van der Waals surface area (Å²) in [5.41, 5.74) is 9.74. The maximum Gasteiger partial charge on any atom is 0.142 e. The fourth-order valence-electron chi connectivity index (χ4n) is 3.01. The SMILES string of the molecule is CC(C)Cc1ccc(-c2cc(-c3ccccc3F)c(C#N)c(N)n2)cc1. The monoisotopic (exact) mass is 345 g/mol. The molecule has 3 aromatic rings. The summed E-state index contributed by atoms with van der Waals surface area (Å²) in [6.45, 7) is 4.36. The highest BCUT2D eigenvalue weighted by Crippen LogP contribution is 2.32. The molecule has 130 valence electrons. The normalized spacial score (nSPS) is 10.7. The summed E-state index contributed by atoms with van der Waals surface area (Å²) in [5, 5.41) is 9.44. The van der Waals surface area contributed by atoms with Gasteiger partial charge in [-0.1, -0.05) is 56.3 Å². The van der Waals surface area contributed by atoms with E-state index in [-0.39, 0.29) is 11.4 Å². The van der Waals surface area contributed by atoms with E-state index in [1.807, 2.05) is 18.2 Å². The zero-order valence-electron chi connectivity index (χ0n) is 14.8. The van der Waals surface area contributed by atoms with Crippen molar-refractivity contribution in [3.63, 3.8) is 0 Å². The molecule has 1 aromatic heterocycles. The van der Waals surface area contributed by atoms with E-state index in [1.54, 1.807) is 24.3 Å². The first-order valence-corrected chi connectivity index (χ1v) is 8.54. The van der Waals surface area contributed by atoms with E-state index in [0.717, 1.165) is 12.0 Å². The minimum Gasteiger partial charge on any atom is -0.383 e. The Morgan fingerprint density at radius 1 is 1.08 bits per heavy atom. The molecule has 0 aliphatic heterocycles. The van der Waals surface area contributed by atoms with Gasteiger partial charge >= 0.3 is 0 Å². The van der Waals surface area contributed by atoms with Crippen LogP contribution < -0.4 is 5.73 Å². The highest BCUT2D eigenvalue weighted by atomic mass is 19.1. The van der Waals surface area contributed by atoms with Crippen molar-refractivity contribution in [1.29, 1.82) is 5.26 Å². The Balaban J connectivity index is 2.10. The molecule has 4 heteroatoms. The zero-order valence-corrected chi connectivity index (χ0v) is 14.8. The summed E-state index contributed by atoms with van der Waals surface area (Å²) in [6.07, 6.45) is 1.00. The van der Waals surface area contributed by atoms with Gasteiger partial charge in [0.05, 0.1) is 5.69 Å². The van der Waals surface area contributed by atoms with Crippen molar-refractivity contribution in [2.75, 3.05) is 5.73 Å². The van der Waals surface area contributed by atoms with Crippen LogP contribution in [0.2, 0.25) is 0 Å². The van der Waals surface area contributed by atoms with Gasteiger partial charge in [0.1, 0.15) is 23.3 Å². The van der Waals surface area contributed by atoms with Crippen LogP contribution in [0.4, 0.5) is 10.2 Å². The molecule has 0 saturated carbocycles. The largest absolute Gasteiger partial charge is 0.383 e. The Morgan fingerprint density at radius 2 is 1.77 bits per heavy atom. The average molecular weight is 345 g/mol. The molecule has 0 aliphatic rings. The number of benzene rings is 2. The second-order valence-corrected chi connectivity index (χ2v) is 6.70. The summed E-state index contributed by atoms with van der Waals surface area (Å²) in [4.78, 5) is 4.35. The third-order valence-corrected chi connectivity index (χ3v) is 4.22. The number of rotatable bonds is 4. The number of nitrogens with zero attached hydrogens (tertiary/aromatic N) is 2.